The molecule has 1 N–H and O–H groups in total. The fraction of sp³-hybridized carbons (Fsp3) is 0.111. The molecule has 0 aliphatic heterocycles. The molecule has 2 rings (SSSR count). The van der Waals surface area contributed by atoms with E-state index in [0.717, 1.165) is 4.80 Å². The van der Waals surface area contributed by atoms with Gasteiger partial charge in [-0.15, -0.1) is 4.80 Å². The number of nitrogens with zero attached hydrogens (tertiary/aromatic N) is 4. The molecule has 15 heavy (non-hydrogen) atoms. The van der Waals surface area contributed by atoms with Crippen molar-refractivity contribution in [3.05, 3.63) is 35.9 Å². The second-order valence-electron chi connectivity index (χ2n) is 2.69. The average Bonchev–Trinajstić information content (AvgIpc) is 2.80. The van der Waals surface area contributed by atoms with Crippen molar-refractivity contribution in [1.82, 2.24) is 20.0 Å². The third kappa shape index (κ3) is 1.69. The van der Waals surface area contributed by atoms with Gasteiger partial charge in [0, 0.05) is 9.81 Å². The van der Waals surface area contributed by atoms with Crippen molar-refractivity contribution in [2.45, 2.75) is 6.85 Å². The van der Waals surface area contributed by atoms with E-state index in [1.807, 2.05) is 0 Å². The highest BCUT2D eigenvalue weighted by Gasteiger charge is 2.14. The molecule has 2 aromatic rings. The smallest absolute Gasteiger partial charge is 0.356 e. The molecule has 0 amide bonds. The summed E-state index contributed by atoms with van der Waals surface area (Å²) in [5, 5.41) is 16.6. The molecule has 0 fully saturated rings. The van der Waals surface area contributed by atoms with Gasteiger partial charge in [-0.2, -0.15) is 10.2 Å². The van der Waals surface area contributed by atoms with Crippen LogP contribution >= 0.6 is 0 Å². The van der Waals surface area contributed by atoms with Gasteiger partial charge in [0.25, 0.3) is 0 Å². The Morgan fingerprint density at radius 1 is 1.47 bits per heavy atom. The van der Waals surface area contributed by atoms with Gasteiger partial charge in [0.15, 0.2) is 5.69 Å². The summed E-state index contributed by atoms with van der Waals surface area (Å²) in [7, 11) is 0. The largest absolute Gasteiger partial charge is 0.476 e. The number of rotatable bonds is 2. The van der Waals surface area contributed by atoms with Crippen LogP contribution < -0.4 is 0 Å². The van der Waals surface area contributed by atoms with E-state index in [2.05, 4.69) is 15.2 Å². The van der Waals surface area contributed by atoms with Gasteiger partial charge < -0.3 is 5.11 Å². The Morgan fingerprint density at radius 2 is 2.20 bits per heavy atom. The molecule has 0 spiro atoms. The minimum Gasteiger partial charge on any atom is -0.476 e. The van der Waals surface area contributed by atoms with E-state index in [9.17, 15) is 4.79 Å². The van der Waals surface area contributed by atoms with E-state index in [0.29, 0.717) is 0 Å². The van der Waals surface area contributed by atoms with Crippen LogP contribution in [0.4, 0.5) is 0 Å². The van der Waals surface area contributed by atoms with Crippen LogP contribution in [0.1, 0.15) is 20.3 Å². The molecule has 0 radical (unpaired) electrons. The van der Waals surface area contributed by atoms with Crippen LogP contribution in [0.25, 0.3) is 5.69 Å². The molecule has 0 saturated carbocycles. The van der Waals surface area contributed by atoms with Crippen molar-refractivity contribution < 1.29 is 14.0 Å². The summed E-state index contributed by atoms with van der Waals surface area (Å²) in [4.78, 5) is 15.8. The lowest BCUT2D eigenvalue weighted by molar-refractivity contribution is 0.0690. The number of hydrogen-bond donors (Lipinski definition) is 1. The second-order valence-corrected chi connectivity index (χ2v) is 2.69. The molecule has 0 unspecified atom stereocenters. The Kier molecular flexibility index (Phi) is 1.46. The van der Waals surface area contributed by atoms with E-state index >= 15 is 0 Å². The topological polar surface area (TPSA) is 80.9 Å². The van der Waals surface area contributed by atoms with Gasteiger partial charge in [0.2, 0.25) is 0 Å². The zero-order chi connectivity index (χ0) is 13.3. The first kappa shape index (κ1) is 6.28. The van der Waals surface area contributed by atoms with Gasteiger partial charge in [0.1, 0.15) is 5.69 Å². The Bertz CT molecular complexity index is 580. The molecule has 0 aliphatic rings. The van der Waals surface area contributed by atoms with Crippen molar-refractivity contribution in [3.63, 3.8) is 0 Å². The highest BCUT2D eigenvalue weighted by atomic mass is 16.4. The molecule has 76 valence electrons. The number of pyridine rings is 1. The van der Waals surface area contributed by atoms with Crippen molar-refractivity contribution in [2.24, 2.45) is 0 Å². The van der Waals surface area contributed by atoms with Gasteiger partial charge in [-0.3, -0.25) is 0 Å². The van der Waals surface area contributed by atoms with Crippen molar-refractivity contribution in [1.29, 1.82) is 0 Å². The molecule has 6 nitrogen and oxygen atoms in total. The normalized spacial score (nSPS) is 14.0. The molecule has 0 saturated heterocycles. The molecule has 0 aromatic carbocycles. The Hall–Kier alpha value is -2.24. The first-order valence-corrected chi connectivity index (χ1v) is 4.01. The lowest BCUT2D eigenvalue weighted by atomic mass is 10.2. The molecule has 2 heterocycles. The zero-order valence-electron chi connectivity index (χ0n) is 10.5. The average molecular weight is 207 g/mol. The standard InChI is InChI=1S/C9H8N4O2/c1-6-2-3-7(8(12-6)9(14)15)13-10-4-5-11-13/h2-5H,1H3,(H,14,15)/i1D3. The van der Waals surface area contributed by atoms with Gasteiger partial charge in [0.05, 0.1) is 12.4 Å². The van der Waals surface area contributed by atoms with Crippen LogP contribution in [0.3, 0.4) is 0 Å². The number of carboxylic acids is 1. The molecular formula is C9H8N4O2. The summed E-state index contributed by atoms with van der Waals surface area (Å²) in [6.45, 7) is -2.46. The summed E-state index contributed by atoms with van der Waals surface area (Å²) in [5.41, 5.74) is -0.573. The SMILES string of the molecule is [2H]C([2H])([2H])c1ccc(-n2nccn2)c(C(=O)O)n1. The number of carbonyl (C=O) groups is 1. The number of aromatic carboxylic acids is 1. The van der Waals surface area contributed by atoms with Crippen LogP contribution in [0, 0.1) is 6.85 Å². The highest BCUT2D eigenvalue weighted by Crippen LogP contribution is 2.10. The Morgan fingerprint density at radius 3 is 2.80 bits per heavy atom. The molecule has 0 bridgehead atoms. The van der Waals surface area contributed by atoms with Crippen molar-refractivity contribution in [2.75, 3.05) is 0 Å². The number of aromatic nitrogens is 4. The van der Waals surface area contributed by atoms with E-state index in [1.54, 1.807) is 0 Å². The molecule has 2 aromatic heterocycles. The number of carboxylic acid groups (broad SMARTS) is 1. The van der Waals surface area contributed by atoms with Gasteiger partial charge in [-0.1, -0.05) is 0 Å². The first-order valence-electron chi connectivity index (χ1n) is 5.51. The maximum atomic E-state index is 11.1. The predicted octanol–water partition coefficient (Wildman–Crippen LogP) is 0.669. The molecule has 0 atom stereocenters. The molecule has 0 aliphatic carbocycles. The van der Waals surface area contributed by atoms with Crippen molar-refractivity contribution >= 4 is 5.97 Å². The van der Waals surface area contributed by atoms with Crippen LogP contribution in [0.15, 0.2) is 24.5 Å². The third-order valence-electron chi connectivity index (χ3n) is 1.71. The first-order chi connectivity index (χ1) is 8.39. The minimum absolute atomic E-state index is 0.112. The van der Waals surface area contributed by atoms with Crippen LogP contribution in [-0.2, 0) is 0 Å². The summed E-state index contributed by atoms with van der Waals surface area (Å²) in [6.07, 6.45) is 2.76. The van der Waals surface area contributed by atoms with Crippen LogP contribution in [0.2, 0.25) is 0 Å². The minimum atomic E-state index is -2.46. The van der Waals surface area contributed by atoms with E-state index in [1.165, 1.54) is 24.5 Å². The lowest BCUT2D eigenvalue weighted by Crippen LogP contribution is -2.10. The van der Waals surface area contributed by atoms with E-state index in [-0.39, 0.29) is 11.4 Å². The molecule has 6 heteroatoms. The Labute approximate surface area is 89.4 Å². The Balaban J connectivity index is 2.59. The van der Waals surface area contributed by atoms with Gasteiger partial charge in [-0.05, 0) is 19.0 Å². The summed E-state index contributed by atoms with van der Waals surface area (Å²) >= 11 is 0. The maximum absolute atomic E-state index is 11.1. The van der Waals surface area contributed by atoms with E-state index < -0.39 is 18.5 Å². The molecular weight excluding hydrogens is 196 g/mol. The summed E-state index contributed by atoms with van der Waals surface area (Å²) in [5.74, 6) is -1.34. The summed E-state index contributed by atoms with van der Waals surface area (Å²) in [6, 6.07) is 2.55. The van der Waals surface area contributed by atoms with E-state index in [4.69, 9.17) is 9.22 Å². The number of aryl methyl sites for hydroxylation is 1. The fourth-order valence-electron chi connectivity index (χ4n) is 1.11. The quantitative estimate of drug-likeness (QED) is 0.782. The second kappa shape index (κ2) is 3.49. The van der Waals surface area contributed by atoms with Crippen molar-refractivity contribution in [3.8, 4) is 5.69 Å². The zero-order valence-corrected chi connectivity index (χ0v) is 7.45. The fourth-order valence-corrected chi connectivity index (χ4v) is 1.11. The third-order valence-corrected chi connectivity index (χ3v) is 1.71. The lowest BCUT2D eigenvalue weighted by Gasteiger charge is -2.04. The predicted molar refractivity (Wildman–Crippen MR) is 50.9 cm³/mol. The monoisotopic (exact) mass is 207 g/mol. The summed E-state index contributed by atoms with van der Waals surface area (Å²) < 4.78 is 21.6. The highest BCUT2D eigenvalue weighted by molar-refractivity contribution is 5.89. The number of hydrogen-bond acceptors (Lipinski definition) is 4. The van der Waals surface area contributed by atoms with Crippen LogP contribution in [-0.4, -0.2) is 31.1 Å². The van der Waals surface area contributed by atoms with Gasteiger partial charge in [-0.25, -0.2) is 9.78 Å². The van der Waals surface area contributed by atoms with Gasteiger partial charge >= 0.3 is 5.97 Å². The van der Waals surface area contributed by atoms with Crippen LogP contribution in [0.5, 0.6) is 0 Å². The maximum Gasteiger partial charge on any atom is 0.356 e.